The van der Waals surface area contributed by atoms with E-state index in [1.807, 2.05) is 26.0 Å². The Morgan fingerprint density at radius 1 is 1.06 bits per heavy atom. The van der Waals surface area contributed by atoms with Crippen molar-refractivity contribution in [1.82, 2.24) is 5.32 Å². The molecule has 1 unspecified atom stereocenters. The maximum atomic E-state index is 11.8. The zero-order valence-corrected chi connectivity index (χ0v) is 12.4. The van der Waals surface area contributed by atoms with Gasteiger partial charge in [0.1, 0.15) is 0 Å². The average molecular weight is 247 g/mol. The minimum atomic E-state index is -0.0000354. The maximum Gasteiger partial charge on any atom is 0.251 e. The maximum absolute atomic E-state index is 11.8. The minimum Gasteiger partial charge on any atom is -0.350 e. The predicted molar refractivity (Wildman–Crippen MR) is 76.9 cm³/mol. The van der Waals surface area contributed by atoms with E-state index in [-0.39, 0.29) is 17.4 Å². The molecule has 1 aromatic carbocycles. The lowest BCUT2D eigenvalue weighted by Gasteiger charge is -2.27. The number of hydrogen-bond acceptors (Lipinski definition) is 1. The van der Waals surface area contributed by atoms with E-state index in [1.165, 1.54) is 5.56 Å². The van der Waals surface area contributed by atoms with Gasteiger partial charge >= 0.3 is 0 Å². The van der Waals surface area contributed by atoms with Gasteiger partial charge in [0, 0.05) is 11.6 Å². The number of carbonyl (C=O) groups excluding carboxylic acids is 1. The molecule has 0 aliphatic carbocycles. The van der Waals surface area contributed by atoms with E-state index in [1.54, 1.807) is 0 Å². The van der Waals surface area contributed by atoms with E-state index >= 15 is 0 Å². The molecule has 0 bridgehead atoms. The van der Waals surface area contributed by atoms with Gasteiger partial charge in [0.2, 0.25) is 0 Å². The summed E-state index contributed by atoms with van der Waals surface area (Å²) in [5, 5.41) is 2.90. The molecular formula is C16H25NO. The van der Waals surface area contributed by atoms with Crippen molar-refractivity contribution in [2.45, 2.75) is 53.5 Å². The quantitative estimate of drug-likeness (QED) is 0.860. The molecule has 100 valence electrons. The lowest BCUT2D eigenvalue weighted by molar-refractivity contribution is 0.0943. The molecule has 2 heteroatoms. The van der Waals surface area contributed by atoms with Gasteiger partial charge in [-0.25, -0.2) is 0 Å². The molecule has 0 aliphatic heterocycles. The summed E-state index contributed by atoms with van der Waals surface area (Å²) in [5.74, 6) is 0.472. The fourth-order valence-corrected chi connectivity index (χ4v) is 1.77. The highest BCUT2D eigenvalue weighted by Gasteiger charge is 2.21. The smallest absolute Gasteiger partial charge is 0.251 e. The van der Waals surface area contributed by atoms with Crippen LogP contribution in [0.15, 0.2) is 24.3 Å². The zero-order chi connectivity index (χ0) is 13.9. The van der Waals surface area contributed by atoms with Gasteiger partial charge in [-0.15, -0.1) is 0 Å². The van der Waals surface area contributed by atoms with Gasteiger partial charge in [0.05, 0.1) is 0 Å². The van der Waals surface area contributed by atoms with E-state index in [0.717, 1.165) is 5.56 Å². The molecule has 0 heterocycles. The summed E-state index contributed by atoms with van der Waals surface area (Å²) >= 11 is 0. The third kappa shape index (κ3) is 3.86. The first kappa shape index (κ1) is 14.7. The van der Waals surface area contributed by atoms with E-state index in [2.05, 4.69) is 45.1 Å². The third-order valence-electron chi connectivity index (χ3n) is 3.39. The van der Waals surface area contributed by atoms with Gasteiger partial charge in [0.25, 0.3) is 5.91 Å². The van der Waals surface area contributed by atoms with Crippen LogP contribution < -0.4 is 5.32 Å². The van der Waals surface area contributed by atoms with E-state index in [4.69, 9.17) is 0 Å². The molecule has 0 aliphatic rings. The molecule has 1 rings (SSSR count). The predicted octanol–water partition coefficient (Wildman–Crippen LogP) is 3.97. The lowest BCUT2D eigenvalue weighted by atomic mass is 9.78. The summed E-state index contributed by atoms with van der Waals surface area (Å²) in [6, 6.07) is 8.12. The Morgan fingerprint density at radius 2 is 1.56 bits per heavy atom. The monoisotopic (exact) mass is 247 g/mol. The molecule has 1 N–H and O–H groups in total. The van der Waals surface area contributed by atoms with Crippen molar-refractivity contribution in [2.24, 2.45) is 5.41 Å². The van der Waals surface area contributed by atoms with Crippen molar-refractivity contribution in [1.29, 1.82) is 0 Å². The van der Waals surface area contributed by atoms with Crippen molar-refractivity contribution in [2.75, 3.05) is 0 Å². The number of nitrogens with one attached hydrogen (secondary N) is 1. The first-order chi connectivity index (χ1) is 8.21. The van der Waals surface area contributed by atoms with Gasteiger partial charge in [0.15, 0.2) is 0 Å². The van der Waals surface area contributed by atoms with Gasteiger partial charge in [-0.1, -0.05) is 39.8 Å². The summed E-state index contributed by atoms with van der Waals surface area (Å²) < 4.78 is 0. The summed E-state index contributed by atoms with van der Waals surface area (Å²) in [7, 11) is 0. The Labute approximate surface area is 111 Å². The van der Waals surface area contributed by atoms with E-state index in [0.29, 0.717) is 5.92 Å². The SMILES string of the molecule is CC(C)NC(=O)c1ccc(C(C)C(C)(C)C)cc1. The topological polar surface area (TPSA) is 29.1 Å². The fraction of sp³-hybridized carbons (Fsp3) is 0.562. The van der Waals surface area contributed by atoms with Crippen LogP contribution in [0, 0.1) is 5.41 Å². The normalized spacial score (nSPS) is 13.5. The third-order valence-corrected chi connectivity index (χ3v) is 3.39. The van der Waals surface area contributed by atoms with E-state index in [9.17, 15) is 4.79 Å². The number of benzene rings is 1. The number of carbonyl (C=O) groups is 1. The van der Waals surface area contributed by atoms with Crippen LogP contribution in [0.5, 0.6) is 0 Å². The molecule has 0 spiro atoms. The standard InChI is InChI=1S/C16H25NO/c1-11(2)17-15(18)14-9-7-13(8-10-14)12(3)16(4,5)6/h7-12H,1-6H3,(H,17,18). The zero-order valence-electron chi connectivity index (χ0n) is 12.4. The number of rotatable bonds is 3. The van der Waals surface area contributed by atoms with Crippen LogP contribution in [-0.2, 0) is 0 Å². The number of hydrogen-bond donors (Lipinski definition) is 1. The lowest BCUT2D eigenvalue weighted by Crippen LogP contribution is -2.30. The van der Waals surface area contributed by atoms with Crippen molar-refractivity contribution in [3.8, 4) is 0 Å². The molecule has 18 heavy (non-hydrogen) atoms. The second kappa shape index (κ2) is 5.55. The molecule has 0 radical (unpaired) electrons. The molecule has 0 saturated carbocycles. The Bertz CT molecular complexity index is 398. The second-order valence-electron chi connectivity index (χ2n) is 6.34. The molecule has 0 fully saturated rings. The van der Waals surface area contributed by atoms with Gasteiger partial charge in [-0.05, 0) is 42.9 Å². The van der Waals surface area contributed by atoms with Crippen LogP contribution in [0.25, 0.3) is 0 Å². The summed E-state index contributed by atoms with van der Waals surface area (Å²) in [6.45, 7) is 12.9. The Balaban J connectivity index is 2.83. The molecule has 0 aromatic heterocycles. The highest BCUT2D eigenvalue weighted by molar-refractivity contribution is 5.94. The van der Waals surface area contributed by atoms with Gasteiger partial charge in [-0.2, -0.15) is 0 Å². The molecule has 1 aromatic rings. The Hall–Kier alpha value is -1.31. The van der Waals surface area contributed by atoms with E-state index < -0.39 is 0 Å². The fourth-order valence-electron chi connectivity index (χ4n) is 1.77. The van der Waals surface area contributed by atoms with Crippen LogP contribution in [0.4, 0.5) is 0 Å². The second-order valence-corrected chi connectivity index (χ2v) is 6.34. The summed E-state index contributed by atoms with van der Waals surface area (Å²) in [4.78, 5) is 11.8. The summed E-state index contributed by atoms with van der Waals surface area (Å²) in [6.07, 6.45) is 0. The van der Waals surface area contributed by atoms with Crippen molar-refractivity contribution in [3.63, 3.8) is 0 Å². The molecule has 2 nitrogen and oxygen atoms in total. The van der Waals surface area contributed by atoms with Crippen LogP contribution >= 0.6 is 0 Å². The van der Waals surface area contributed by atoms with Crippen molar-refractivity contribution >= 4 is 5.91 Å². The molecule has 1 amide bonds. The first-order valence-electron chi connectivity index (χ1n) is 6.62. The van der Waals surface area contributed by atoms with Gasteiger partial charge in [-0.3, -0.25) is 4.79 Å². The first-order valence-corrected chi connectivity index (χ1v) is 6.62. The van der Waals surface area contributed by atoms with Crippen LogP contribution in [-0.4, -0.2) is 11.9 Å². The Kier molecular flexibility index (Phi) is 4.55. The van der Waals surface area contributed by atoms with Crippen LogP contribution in [0.2, 0.25) is 0 Å². The summed E-state index contributed by atoms with van der Waals surface area (Å²) in [5.41, 5.74) is 2.25. The van der Waals surface area contributed by atoms with Crippen molar-refractivity contribution in [3.05, 3.63) is 35.4 Å². The van der Waals surface area contributed by atoms with Crippen LogP contribution in [0.1, 0.15) is 63.4 Å². The largest absolute Gasteiger partial charge is 0.350 e. The molecule has 0 saturated heterocycles. The van der Waals surface area contributed by atoms with Crippen molar-refractivity contribution < 1.29 is 4.79 Å². The highest BCUT2D eigenvalue weighted by Crippen LogP contribution is 2.34. The van der Waals surface area contributed by atoms with Crippen LogP contribution in [0.3, 0.4) is 0 Å². The highest BCUT2D eigenvalue weighted by atomic mass is 16.1. The number of amides is 1. The minimum absolute atomic E-state index is 0.0000354. The average Bonchev–Trinajstić information content (AvgIpc) is 2.26. The Morgan fingerprint density at radius 3 is 1.94 bits per heavy atom. The molecular weight excluding hydrogens is 222 g/mol. The molecule has 1 atom stereocenters. The van der Waals surface area contributed by atoms with Gasteiger partial charge < -0.3 is 5.32 Å².